The Kier molecular flexibility index (Phi) is 15.3. The third kappa shape index (κ3) is 14.1. The van der Waals surface area contributed by atoms with Crippen molar-refractivity contribution in [2.24, 2.45) is 0 Å². The molecule has 150 valence electrons. The molecule has 0 radical (unpaired) electrons. The molecule has 0 N–H and O–H groups in total. The molecular weight excluding hydrogens is 324 g/mol. The summed E-state index contributed by atoms with van der Waals surface area (Å²) in [5, 5.41) is 0. The molecule has 0 aromatic carbocycles. The zero-order valence-electron chi connectivity index (χ0n) is 16.9. The summed E-state index contributed by atoms with van der Waals surface area (Å²) in [6.07, 6.45) is 25.2. The van der Waals surface area contributed by atoms with E-state index in [0.29, 0.717) is 13.0 Å². The Bertz CT molecular complexity index is 381. The van der Waals surface area contributed by atoms with E-state index in [-0.39, 0.29) is 12.1 Å². The predicted octanol–water partition coefficient (Wildman–Crippen LogP) is 6.52. The molecule has 1 unspecified atom stereocenters. The van der Waals surface area contributed by atoms with Crippen LogP contribution in [-0.4, -0.2) is 25.3 Å². The number of ether oxygens (including phenoxy) is 2. The summed E-state index contributed by atoms with van der Waals surface area (Å²) >= 11 is 0. The van der Waals surface area contributed by atoms with Gasteiger partial charge in [-0.05, 0) is 51.4 Å². The largest absolute Gasteiger partial charge is 0.463 e. The molecule has 0 aromatic heterocycles. The Hall–Kier alpha value is -1.09. The number of esters is 1. The van der Waals surface area contributed by atoms with Crippen LogP contribution in [0, 0.1) is 0 Å². The van der Waals surface area contributed by atoms with Crippen molar-refractivity contribution in [3.8, 4) is 0 Å². The molecule has 1 rings (SSSR count). The first-order chi connectivity index (χ1) is 12.8. The van der Waals surface area contributed by atoms with Gasteiger partial charge < -0.3 is 9.47 Å². The minimum Gasteiger partial charge on any atom is -0.463 e. The highest BCUT2D eigenvalue weighted by molar-refractivity contribution is 5.69. The molecule has 3 nitrogen and oxygen atoms in total. The lowest BCUT2D eigenvalue weighted by molar-refractivity contribution is -0.147. The van der Waals surface area contributed by atoms with Crippen molar-refractivity contribution < 1.29 is 14.3 Å². The van der Waals surface area contributed by atoms with Crippen molar-refractivity contribution in [3.05, 3.63) is 24.3 Å². The normalized spacial score (nSPS) is 17.5. The van der Waals surface area contributed by atoms with Gasteiger partial charge in [0, 0.05) is 13.0 Å². The van der Waals surface area contributed by atoms with E-state index in [1.807, 2.05) is 0 Å². The fraction of sp³-hybridized carbons (Fsp3) is 0.783. The van der Waals surface area contributed by atoms with E-state index in [4.69, 9.17) is 9.47 Å². The summed E-state index contributed by atoms with van der Waals surface area (Å²) in [6, 6.07) is 0. The molecule has 1 aliphatic rings. The van der Waals surface area contributed by atoms with Gasteiger partial charge in [-0.3, -0.25) is 4.79 Å². The van der Waals surface area contributed by atoms with E-state index in [2.05, 4.69) is 31.2 Å². The van der Waals surface area contributed by atoms with Crippen LogP contribution in [-0.2, 0) is 14.3 Å². The van der Waals surface area contributed by atoms with Crippen molar-refractivity contribution in [3.63, 3.8) is 0 Å². The molecule has 0 aliphatic carbocycles. The molecule has 1 aliphatic heterocycles. The maximum Gasteiger partial charge on any atom is 0.305 e. The van der Waals surface area contributed by atoms with Crippen molar-refractivity contribution >= 4 is 5.97 Å². The molecule has 0 bridgehead atoms. The number of rotatable bonds is 16. The number of hydrogen-bond acceptors (Lipinski definition) is 3. The van der Waals surface area contributed by atoms with E-state index < -0.39 is 0 Å². The van der Waals surface area contributed by atoms with Gasteiger partial charge in [-0.2, -0.15) is 0 Å². The molecule has 1 heterocycles. The molecular formula is C23H40O3. The topological polar surface area (TPSA) is 35.5 Å². The van der Waals surface area contributed by atoms with Crippen LogP contribution in [0.25, 0.3) is 0 Å². The first-order valence-electron chi connectivity index (χ1n) is 10.9. The summed E-state index contributed by atoms with van der Waals surface area (Å²) in [7, 11) is 0. The highest BCUT2D eigenvalue weighted by Gasteiger charge is 2.17. The Morgan fingerprint density at radius 2 is 1.65 bits per heavy atom. The summed E-state index contributed by atoms with van der Waals surface area (Å²) in [5.74, 6) is -0.0637. The van der Waals surface area contributed by atoms with E-state index in [1.165, 1.54) is 51.4 Å². The Balaban J connectivity index is 1.79. The number of allylic oxidation sites excluding steroid dienone is 4. The van der Waals surface area contributed by atoms with Gasteiger partial charge in [0.1, 0.15) is 6.61 Å². The van der Waals surface area contributed by atoms with Crippen LogP contribution in [0.15, 0.2) is 24.3 Å². The lowest BCUT2D eigenvalue weighted by Crippen LogP contribution is -2.17. The fourth-order valence-corrected chi connectivity index (χ4v) is 3.11. The van der Waals surface area contributed by atoms with Crippen LogP contribution >= 0.6 is 0 Å². The number of unbranched alkanes of at least 4 members (excludes halogenated alkanes) is 8. The van der Waals surface area contributed by atoms with Crippen molar-refractivity contribution in [1.82, 2.24) is 0 Å². The monoisotopic (exact) mass is 364 g/mol. The van der Waals surface area contributed by atoms with Crippen molar-refractivity contribution in [2.75, 3.05) is 13.2 Å². The molecule has 3 heteroatoms. The second-order valence-corrected chi connectivity index (χ2v) is 7.30. The molecule has 1 fully saturated rings. The third-order valence-corrected chi connectivity index (χ3v) is 4.79. The second-order valence-electron chi connectivity index (χ2n) is 7.30. The van der Waals surface area contributed by atoms with Gasteiger partial charge >= 0.3 is 5.97 Å². The van der Waals surface area contributed by atoms with Crippen LogP contribution in [0.4, 0.5) is 0 Å². The lowest BCUT2D eigenvalue weighted by atomic mass is 10.1. The van der Waals surface area contributed by atoms with Crippen LogP contribution in [0.5, 0.6) is 0 Å². The second kappa shape index (κ2) is 17.3. The van der Waals surface area contributed by atoms with E-state index >= 15 is 0 Å². The average molecular weight is 365 g/mol. The molecule has 0 saturated carbocycles. The molecule has 0 amide bonds. The molecule has 1 atom stereocenters. The first-order valence-corrected chi connectivity index (χ1v) is 10.9. The number of carbonyl (C=O) groups excluding carboxylic acids is 1. The van der Waals surface area contributed by atoms with Crippen molar-refractivity contribution in [2.45, 2.75) is 103 Å². The summed E-state index contributed by atoms with van der Waals surface area (Å²) in [4.78, 5) is 11.6. The standard InChI is InChI=1S/C23H40O3/c1-2-3-4-5-6-7-8-9-10-11-12-13-14-15-16-19-23(24)26-21-22-18-17-20-25-22/h6-7,9-10,22H,2-5,8,11-21H2,1H3. The average Bonchev–Trinajstić information content (AvgIpc) is 3.17. The summed E-state index contributed by atoms with van der Waals surface area (Å²) in [5.41, 5.74) is 0. The highest BCUT2D eigenvalue weighted by atomic mass is 16.6. The molecule has 0 spiro atoms. The molecule has 0 aromatic rings. The van der Waals surface area contributed by atoms with Gasteiger partial charge in [0.15, 0.2) is 0 Å². The first kappa shape index (κ1) is 23.0. The fourth-order valence-electron chi connectivity index (χ4n) is 3.11. The zero-order chi connectivity index (χ0) is 18.7. The third-order valence-electron chi connectivity index (χ3n) is 4.79. The van der Waals surface area contributed by atoms with E-state index in [9.17, 15) is 4.79 Å². The minimum absolute atomic E-state index is 0.0637. The number of hydrogen-bond donors (Lipinski definition) is 0. The van der Waals surface area contributed by atoms with Gasteiger partial charge in [0.2, 0.25) is 0 Å². The van der Waals surface area contributed by atoms with E-state index in [1.54, 1.807) is 0 Å². The quantitative estimate of drug-likeness (QED) is 0.178. The van der Waals surface area contributed by atoms with Gasteiger partial charge in [0.05, 0.1) is 6.10 Å². The zero-order valence-corrected chi connectivity index (χ0v) is 16.9. The smallest absolute Gasteiger partial charge is 0.305 e. The van der Waals surface area contributed by atoms with Gasteiger partial charge in [-0.25, -0.2) is 0 Å². The Morgan fingerprint density at radius 3 is 2.35 bits per heavy atom. The minimum atomic E-state index is -0.0637. The van der Waals surface area contributed by atoms with Gasteiger partial charge in [0.25, 0.3) is 0 Å². The van der Waals surface area contributed by atoms with Crippen LogP contribution < -0.4 is 0 Å². The summed E-state index contributed by atoms with van der Waals surface area (Å²) < 4.78 is 10.7. The molecule has 26 heavy (non-hydrogen) atoms. The Morgan fingerprint density at radius 1 is 0.962 bits per heavy atom. The highest BCUT2D eigenvalue weighted by Crippen LogP contribution is 2.13. The van der Waals surface area contributed by atoms with E-state index in [0.717, 1.165) is 38.7 Å². The molecule has 1 saturated heterocycles. The van der Waals surface area contributed by atoms with Gasteiger partial charge in [-0.15, -0.1) is 0 Å². The Labute approximate surface area is 161 Å². The van der Waals surface area contributed by atoms with Crippen LogP contribution in [0.3, 0.4) is 0 Å². The summed E-state index contributed by atoms with van der Waals surface area (Å²) in [6.45, 7) is 3.50. The van der Waals surface area contributed by atoms with Crippen LogP contribution in [0.2, 0.25) is 0 Å². The number of carbonyl (C=O) groups is 1. The predicted molar refractivity (Wildman–Crippen MR) is 109 cm³/mol. The maximum absolute atomic E-state index is 11.6. The van der Waals surface area contributed by atoms with Crippen molar-refractivity contribution in [1.29, 1.82) is 0 Å². The van der Waals surface area contributed by atoms with Crippen LogP contribution in [0.1, 0.15) is 96.8 Å². The maximum atomic E-state index is 11.6. The SMILES string of the molecule is CCCCCC=CCC=CCCCCCCCC(=O)OCC1CCCO1. The van der Waals surface area contributed by atoms with Gasteiger partial charge in [-0.1, -0.05) is 63.3 Å². The lowest BCUT2D eigenvalue weighted by Gasteiger charge is -2.09.